The van der Waals surface area contributed by atoms with Crippen molar-refractivity contribution in [2.75, 3.05) is 19.5 Å². The van der Waals surface area contributed by atoms with Gasteiger partial charge in [0.2, 0.25) is 0 Å². The van der Waals surface area contributed by atoms with Gasteiger partial charge in [-0.15, -0.1) is 11.3 Å². The Balaban J connectivity index is 1.99. The van der Waals surface area contributed by atoms with Gasteiger partial charge in [0.1, 0.15) is 5.00 Å². The summed E-state index contributed by atoms with van der Waals surface area (Å²) in [6.07, 6.45) is 4.25. The molecule has 2 aromatic rings. The fourth-order valence-corrected chi connectivity index (χ4v) is 4.17. The van der Waals surface area contributed by atoms with Crippen molar-refractivity contribution in [1.82, 2.24) is 4.98 Å². The van der Waals surface area contributed by atoms with Gasteiger partial charge in [-0.1, -0.05) is 0 Å². The molecule has 8 heteroatoms. The molecule has 3 rings (SSSR count). The number of thiophene rings is 1. The number of nitrogens with one attached hydrogen (secondary N) is 1. The minimum Gasteiger partial charge on any atom is -0.469 e. The predicted molar refractivity (Wildman–Crippen MR) is 90.9 cm³/mol. The molecule has 25 heavy (non-hydrogen) atoms. The van der Waals surface area contributed by atoms with Gasteiger partial charge in [-0.2, -0.15) is 0 Å². The minimum absolute atomic E-state index is 0.234. The molecule has 130 valence electrons. The molecule has 0 radical (unpaired) electrons. The van der Waals surface area contributed by atoms with Gasteiger partial charge in [0, 0.05) is 22.8 Å². The summed E-state index contributed by atoms with van der Waals surface area (Å²) in [6, 6.07) is 3.15. The Morgan fingerprint density at radius 3 is 2.56 bits per heavy atom. The summed E-state index contributed by atoms with van der Waals surface area (Å²) in [5, 5.41) is 3.13. The van der Waals surface area contributed by atoms with Crippen molar-refractivity contribution in [2.24, 2.45) is 0 Å². The fourth-order valence-electron chi connectivity index (χ4n) is 2.91. The maximum atomic E-state index is 12.4. The average Bonchev–Trinajstić information content (AvgIpc) is 3.19. The van der Waals surface area contributed by atoms with Crippen LogP contribution in [0.2, 0.25) is 0 Å². The van der Waals surface area contributed by atoms with Crippen molar-refractivity contribution >= 4 is 34.2 Å². The normalized spacial score (nSPS) is 15.4. The first-order chi connectivity index (χ1) is 12.1. The third-order valence-electron chi connectivity index (χ3n) is 4.08. The summed E-state index contributed by atoms with van der Waals surface area (Å²) in [5.74, 6) is -1.86. The molecular formula is C17H16N2O5S. The van der Waals surface area contributed by atoms with Crippen LogP contribution in [-0.2, 0) is 20.7 Å². The highest BCUT2D eigenvalue weighted by molar-refractivity contribution is 7.17. The van der Waals surface area contributed by atoms with E-state index < -0.39 is 17.9 Å². The Labute approximate surface area is 148 Å². The fraction of sp³-hybridized carbons (Fsp3) is 0.294. The monoisotopic (exact) mass is 360 g/mol. The molecule has 0 unspecified atom stereocenters. The summed E-state index contributed by atoms with van der Waals surface area (Å²) in [6.45, 7) is 0. The number of nitrogens with zero attached hydrogens (tertiary/aromatic N) is 1. The molecule has 1 amide bonds. The van der Waals surface area contributed by atoms with Crippen LogP contribution in [0.1, 0.15) is 43.5 Å². The molecule has 0 spiro atoms. The number of methoxy groups -OCH3 is 2. The lowest BCUT2D eigenvalue weighted by Crippen LogP contribution is -2.17. The Hall–Kier alpha value is -2.74. The van der Waals surface area contributed by atoms with Crippen molar-refractivity contribution in [3.63, 3.8) is 0 Å². The quantitative estimate of drug-likeness (QED) is 0.841. The van der Waals surface area contributed by atoms with Crippen molar-refractivity contribution in [3.8, 4) is 0 Å². The maximum Gasteiger partial charge on any atom is 0.341 e. The van der Waals surface area contributed by atoms with Gasteiger partial charge in [-0.05, 0) is 30.5 Å². The second kappa shape index (κ2) is 7.02. The van der Waals surface area contributed by atoms with E-state index in [0.717, 1.165) is 4.88 Å². The Bertz CT molecular complexity index is 831. The van der Waals surface area contributed by atoms with Crippen LogP contribution < -0.4 is 5.32 Å². The number of anilines is 1. The summed E-state index contributed by atoms with van der Waals surface area (Å²) in [7, 11) is 2.58. The van der Waals surface area contributed by atoms with Gasteiger partial charge in [0.15, 0.2) is 0 Å². The van der Waals surface area contributed by atoms with E-state index in [0.29, 0.717) is 29.0 Å². The first-order valence-electron chi connectivity index (χ1n) is 7.59. The van der Waals surface area contributed by atoms with E-state index in [-0.39, 0.29) is 11.5 Å². The highest BCUT2D eigenvalue weighted by Crippen LogP contribution is 2.45. The van der Waals surface area contributed by atoms with Crippen LogP contribution in [0.25, 0.3) is 0 Å². The van der Waals surface area contributed by atoms with E-state index in [2.05, 4.69) is 10.3 Å². The number of fused-ring (bicyclic) bond motifs is 1. The number of hydrogen-bond acceptors (Lipinski definition) is 7. The molecule has 0 saturated carbocycles. The average molecular weight is 360 g/mol. The topological polar surface area (TPSA) is 94.6 Å². The third kappa shape index (κ3) is 3.12. The summed E-state index contributed by atoms with van der Waals surface area (Å²) < 4.78 is 9.70. The lowest BCUT2D eigenvalue weighted by Gasteiger charge is -2.11. The van der Waals surface area contributed by atoms with Crippen molar-refractivity contribution in [2.45, 2.75) is 18.8 Å². The standard InChI is InChI=1S/C17H16N2O5S/c1-23-16(21)10-3-4-11-12(10)13(17(22)24-2)15(25-11)19-14(20)9-5-7-18-8-6-9/h5-8,10H,3-4H2,1-2H3,(H,19,20)/t10-/m1/s1. The number of hydrogen-bond donors (Lipinski definition) is 1. The Morgan fingerprint density at radius 2 is 1.92 bits per heavy atom. The highest BCUT2D eigenvalue weighted by Gasteiger charge is 2.38. The van der Waals surface area contributed by atoms with Crippen LogP contribution in [0.5, 0.6) is 0 Å². The maximum absolute atomic E-state index is 12.4. The van der Waals surface area contributed by atoms with Gasteiger partial charge in [0.25, 0.3) is 5.91 Å². The van der Waals surface area contributed by atoms with Crippen LogP contribution in [0.15, 0.2) is 24.5 Å². The number of esters is 2. The van der Waals surface area contributed by atoms with Crippen molar-refractivity contribution in [1.29, 1.82) is 0 Å². The molecule has 0 fully saturated rings. The number of aromatic nitrogens is 1. The van der Waals surface area contributed by atoms with Crippen LogP contribution in [0, 0.1) is 0 Å². The number of pyridine rings is 1. The number of aryl methyl sites for hydroxylation is 1. The largest absolute Gasteiger partial charge is 0.469 e. The van der Waals surface area contributed by atoms with Gasteiger partial charge in [-0.25, -0.2) is 4.79 Å². The van der Waals surface area contributed by atoms with E-state index in [1.807, 2.05) is 0 Å². The van der Waals surface area contributed by atoms with Gasteiger partial charge >= 0.3 is 11.9 Å². The van der Waals surface area contributed by atoms with E-state index in [1.165, 1.54) is 38.0 Å². The molecule has 2 aromatic heterocycles. The smallest absolute Gasteiger partial charge is 0.341 e. The van der Waals surface area contributed by atoms with E-state index in [9.17, 15) is 14.4 Å². The molecular weight excluding hydrogens is 344 g/mol. The predicted octanol–water partition coefficient (Wildman–Crippen LogP) is 2.38. The molecule has 0 saturated heterocycles. The molecule has 1 aliphatic carbocycles. The van der Waals surface area contributed by atoms with Crippen LogP contribution in [0.3, 0.4) is 0 Å². The van der Waals surface area contributed by atoms with Gasteiger partial charge in [-0.3, -0.25) is 14.6 Å². The molecule has 0 bridgehead atoms. The zero-order chi connectivity index (χ0) is 18.0. The van der Waals surface area contributed by atoms with E-state index >= 15 is 0 Å². The van der Waals surface area contributed by atoms with Crippen LogP contribution >= 0.6 is 11.3 Å². The van der Waals surface area contributed by atoms with E-state index in [4.69, 9.17) is 9.47 Å². The summed E-state index contributed by atoms with van der Waals surface area (Å²) in [5.41, 5.74) is 1.26. The van der Waals surface area contributed by atoms with Crippen molar-refractivity contribution < 1.29 is 23.9 Å². The lowest BCUT2D eigenvalue weighted by molar-refractivity contribution is -0.142. The summed E-state index contributed by atoms with van der Waals surface area (Å²) in [4.78, 5) is 41.5. The number of rotatable bonds is 4. The van der Waals surface area contributed by atoms with Crippen LogP contribution in [-0.4, -0.2) is 37.0 Å². The molecule has 1 N–H and O–H groups in total. The molecule has 7 nitrogen and oxygen atoms in total. The van der Waals surface area contributed by atoms with E-state index in [1.54, 1.807) is 12.1 Å². The third-order valence-corrected chi connectivity index (χ3v) is 5.26. The number of amides is 1. The Kier molecular flexibility index (Phi) is 4.80. The molecule has 1 aliphatic rings. The highest BCUT2D eigenvalue weighted by atomic mass is 32.1. The second-order valence-corrected chi connectivity index (χ2v) is 6.54. The van der Waals surface area contributed by atoms with Crippen molar-refractivity contribution in [3.05, 3.63) is 46.1 Å². The first kappa shape index (κ1) is 17.1. The zero-order valence-corrected chi connectivity index (χ0v) is 14.5. The minimum atomic E-state index is -0.585. The van der Waals surface area contributed by atoms with Gasteiger partial charge < -0.3 is 14.8 Å². The lowest BCUT2D eigenvalue weighted by atomic mass is 9.99. The number of carbonyl (C=O) groups excluding carboxylic acids is 3. The molecule has 0 aromatic carbocycles. The zero-order valence-electron chi connectivity index (χ0n) is 13.7. The molecule has 0 aliphatic heterocycles. The number of ether oxygens (including phenoxy) is 2. The SMILES string of the molecule is COC(=O)c1c(NC(=O)c2ccncc2)sc2c1[C@H](C(=O)OC)CC2. The van der Waals surface area contributed by atoms with Crippen LogP contribution in [0.4, 0.5) is 5.00 Å². The number of carbonyl (C=O) groups is 3. The summed E-state index contributed by atoms with van der Waals surface area (Å²) >= 11 is 1.29. The molecule has 1 atom stereocenters. The molecule has 2 heterocycles. The second-order valence-electron chi connectivity index (χ2n) is 5.44. The van der Waals surface area contributed by atoms with Gasteiger partial charge in [0.05, 0.1) is 25.7 Å². The Morgan fingerprint density at radius 1 is 1.20 bits per heavy atom. The first-order valence-corrected chi connectivity index (χ1v) is 8.41.